The lowest BCUT2D eigenvalue weighted by Crippen LogP contribution is -2.49. The minimum Gasteiger partial charge on any atom is -0.497 e. The van der Waals surface area contributed by atoms with Gasteiger partial charge in [-0.1, -0.05) is 18.2 Å². The fourth-order valence-electron chi connectivity index (χ4n) is 4.34. The van der Waals surface area contributed by atoms with Crippen LogP contribution < -0.4 is 9.64 Å². The van der Waals surface area contributed by atoms with Crippen molar-refractivity contribution in [1.82, 2.24) is 9.47 Å². The van der Waals surface area contributed by atoms with E-state index in [-0.39, 0.29) is 11.5 Å². The second kappa shape index (κ2) is 9.66. The molecule has 2 heterocycles. The largest absolute Gasteiger partial charge is 0.497 e. The first-order valence-electron chi connectivity index (χ1n) is 11.1. The van der Waals surface area contributed by atoms with Crippen LogP contribution in [-0.4, -0.2) is 48.7 Å². The van der Waals surface area contributed by atoms with E-state index in [2.05, 4.69) is 27.7 Å². The number of benzene rings is 2. The highest BCUT2D eigenvalue weighted by molar-refractivity contribution is 6.02. The fraction of sp³-hybridized carbons (Fsp3) is 0.259. The van der Waals surface area contributed by atoms with Crippen molar-refractivity contribution in [2.24, 2.45) is 0 Å². The second-order valence-corrected chi connectivity index (χ2v) is 8.14. The summed E-state index contributed by atoms with van der Waals surface area (Å²) >= 11 is 0. The smallest absolute Gasteiger partial charge is 0.264 e. The summed E-state index contributed by atoms with van der Waals surface area (Å²) in [5.41, 5.74) is 5.21. The molecule has 6 nitrogen and oxygen atoms in total. The van der Waals surface area contributed by atoms with Gasteiger partial charge in [0.2, 0.25) is 0 Å². The third-order valence-corrected chi connectivity index (χ3v) is 6.14. The normalized spacial score (nSPS) is 14.2. The van der Waals surface area contributed by atoms with Gasteiger partial charge in [-0.15, -0.1) is 0 Å². The molecular weight excluding hydrogens is 412 g/mol. The van der Waals surface area contributed by atoms with Gasteiger partial charge in [-0.2, -0.15) is 5.26 Å². The number of para-hydroxylation sites is 1. The van der Waals surface area contributed by atoms with Crippen LogP contribution in [0.4, 0.5) is 5.69 Å². The summed E-state index contributed by atoms with van der Waals surface area (Å²) in [7, 11) is 1.64. The highest BCUT2D eigenvalue weighted by Gasteiger charge is 2.24. The zero-order valence-electron chi connectivity index (χ0n) is 19.3. The van der Waals surface area contributed by atoms with Crippen LogP contribution in [0.3, 0.4) is 0 Å². The van der Waals surface area contributed by atoms with Crippen molar-refractivity contribution < 1.29 is 9.53 Å². The van der Waals surface area contributed by atoms with E-state index in [1.807, 2.05) is 62.4 Å². The summed E-state index contributed by atoms with van der Waals surface area (Å²) in [4.78, 5) is 17.2. The quantitative estimate of drug-likeness (QED) is 0.437. The Morgan fingerprint density at radius 3 is 2.24 bits per heavy atom. The molecule has 1 saturated heterocycles. The van der Waals surface area contributed by atoms with Gasteiger partial charge in [0.05, 0.1) is 7.11 Å². The summed E-state index contributed by atoms with van der Waals surface area (Å²) in [6.07, 6.45) is 1.72. The van der Waals surface area contributed by atoms with Crippen LogP contribution in [0.1, 0.15) is 17.0 Å². The molecule has 0 saturated carbocycles. The third kappa shape index (κ3) is 4.63. The number of nitriles is 1. The first-order chi connectivity index (χ1) is 16.0. The summed E-state index contributed by atoms with van der Waals surface area (Å²) in [5.74, 6) is 0.588. The van der Waals surface area contributed by atoms with Crippen molar-refractivity contribution in [3.8, 4) is 17.5 Å². The van der Waals surface area contributed by atoms with E-state index in [4.69, 9.17) is 4.74 Å². The number of nitrogens with zero attached hydrogens (tertiary/aromatic N) is 4. The Morgan fingerprint density at radius 2 is 1.64 bits per heavy atom. The van der Waals surface area contributed by atoms with Crippen LogP contribution >= 0.6 is 0 Å². The Balaban J connectivity index is 1.52. The van der Waals surface area contributed by atoms with Crippen molar-refractivity contribution >= 4 is 17.7 Å². The van der Waals surface area contributed by atoms with Crippen molar-refractivity contribution in [3.63, 3.8) is 0 Å². The van der Waals surface area contributed by atoms with E-state index in [9.17, 15) is 10.1 Å². The van der Waals surface area contributed by atoms with Gasteiger partial charge in [-0.25, -0.2) is 0 Å². The molecule has 168 valence electrons. The van der Waals surface area contributed by atoms with Crippen LogP contribution in [0.5, 0.6) is 5.75 Å². The topological polar surface area (TPSA) is 61.5 Å². The Bertz CT molecular complexity index is 1200. The minimum absolute atomic E-state index is 0.165. The number of anilines is 1. The van der Waals surface area contributed by atoms with Gasteiger partial charge in [0.15, 0.2) is 0 Å². The van der Waals surface area contributed by atoms with Gasteiger partial charge >= 0.3 is 0 Å². The molecule has 4 rings (SSSR count). The molecule has 2 aromatic carbocycles. The van der Waals surface area contributed by atoms with Gasteiger partial charge < -0.3 is 19.1 Å². The SMILES string of the molecule is COc1ccc(-n2c(C)cc(/C=C(/C#N)C(=O)N3CCN(c4ccccc4)CC3)c2C)cc1. The molecule has 33 heavy (non-hydrogen) atoms. The van der Waals surface area contributed by atoms with E-state index in [1.165, 1.54) is 0 Å². The number of carbonyl (C=O) groups is 1. The number of aryl methyl sites for hydroxylation is 1. The number of amides is 1. The second-order valence-electron chi connectivity index (χ2n) is 8.14. The fourth-order valence-corrected chi connectivity index (χ4v) is 4.34. The highest BCUT2D eigenvalue weighted by atomic mass is 16.5. The molecule has 1 fully saturated rings. The molecule has 0 N–H and O–H groups in total. The Labute approximate surface area is 194 Å². The van der Waals surface area contributed by atoms with Crippen LogP contribution in [0.15, 0.2) is 66.2 Å². The van der Waals surface area contributed by atoms with Crippen molar-refractivity contribution in [3.05, 3.63) is 83.2 Å². The zero-order chi connectivity index (χ0) is 23.4. The average Bonchev–Trinajstić information content (AvgIpc) is 3.15. The maximum atomic E-state index is 13.1. The predicted octanol–water partition coefficient (Wildman–Crippen LogP) is 4.36. The number of carbonyl (C=O) groups excluding carboxylic acids is 1. The van der Waals surface area contributed by atoms with Gasteiger partial charge in [-0.05, 0) is 68.0 Å². The summed E-state index contributed by atoms with van der Waals surface area (Å²) in [6, 6.07) is 22.2. The molecule has 3 aromatic rings. The maximum absolute atomic E-state index is 13.1. The molecule has 0 unspecified atom stereocenters. The van der Waals surface area contributed by atoms with E-state index in [0.717, 1.165) is 47.2 Å². The molecule has 1 amide bonds. The number of piperazine rings is 1. The minimum atomic E-state index is -0.209. The molecule has 6 heteroatoms. The van der Waals surface area contributed by atoms with Crippen LogP contribution in [-0.2, 0) is 4.79 Å². The molecule has 0 bridgehead atoms. The lowest BCUT2D eigenvalue weighted by atomic mass is 10.1. The van der Waals surface area contributed by atoms with Crippen LogP contribution in [0, 0.1) is 25.2 Å². The molecule has 1 aliphatic rings. The standard InChI is InChI=1S/C27H28N4O2/c1-20-17-22(21(2)31(20)25-9-11-26(33-3)12-10-25)18-23(19-28)27(32)30-15-13-29(14-16-30)24-7-5-4-6-8-24/h4-12,17-18H,13-16H2,1-3H3/b23-18-. The molecule has 0 spiro atoms. The van der Waals surface area contributed by atoms with Crippen molar-refractivity contribution in [2.75, 3.05) is 38.2 Å². The van der Waals surface area contributed by atoms with Crippen molar-refractivity contribution in [2.45, 2.75) is 13.8 Å². The molecule has 0 atom stereocenters. The number of methoxy groups -OCH3 is 1. The van der Waals surface area contributed by atoms with E-state index in [1.54, 1.807) is 18.1 Å². The third-order valence-electron chi connectivity index (χ3n) is 6.14. The van der Waals surface area contributed by atoms with Crippen LogP contribution in [0.25, 0.3) is 11.8 Å². The molecule has 1 aromatic heterocycles. The monoisotopic (exact) mass is 440 g/mol. The molecule has 0 aliphatic carbocycles. The summed E-state index contributed by atoms with van der Waals surface area (Å²) in [5, 5.41) is 9.76. The lowest BCUT2D eigenvalue weighted by molar-refractivity contribution is -0.126. The molecule has 1 aliphatic heterocycles. The number of hydrogen-bond donors (Lipinski definition) is 0. The number of rotatable bonds is 5. The number of hydrogen-bond acceptors (Lipinski definition) is 4. The Morgan fingerprint density at radius 1 is 0.970 bits per heavy atom. The molecule has 0 radical (unpaired) electrons. The predicted molar refractivity (Wildman–Crippen MR) is 131 cm³/mol. The molecular formula is C27H28N4O2. The maximum Gasteiger partial charge on any atom is 0.264 e. The number of aromatic nitrogens is 1. The van der Waals surface area contributed by atoms with E-state index in [0.29, 0.717) is 13.1 Å². The van der Waals surface area contributed by atoms with Crippen LogP contribution in [0.2, 0.25) is 0 Å². The Hall–Kier alpha value is -3.98. The van der Waals surface area contributed by atoms with Crippen molar-refractivity contribution in [1.29, 1.82) is 5.26 Å². The van der Waals surface area contributed by atoms with Gasteiger partial charge in [0, 0.05) is 48.9 Å². The first-order valence-corrected chi connectivity index (χ1v) is 11.1. The first kappa shape index (κ1) is 22.2. The number of ether oxygens (including phenoxy) is 1. The van der Waals surface area contributed by atoms with Gasteiger partial charge in [0.1, 0.15) is 17.4 Å². The Kier molecular flexibility index (Phi) is 6.50. The van der Waals surface area contributed by atoms with Gasteiger partial charge in [0.25, 0.3) is 5.91 Å². The van der Waals surface area contributed by atoms with Gasteiger partial charge in [-0.3, -0.25) is 4.79 Å². The van der Waals surface area contributed by atoms with E-state index < -0.39 is 0 Å². The summed E-state index contributed by atoms with van der Waals surface area (Å²) in [6.45, 7) is 6.71. The van der Waals surface area contributed by atoms with E-state index >= 15 is 0 Å². The zero-order valence-corrected chi connectivity index (χ0v) is 19.3. The highest BCUT2D eigenvalue weighted by Crippen LogP contribution is 2.25. The lowest BCUT2D eigenvalue weighted by Gasteiger charge is -2.36. The summed E-state index contributed by atoms with van der Waals surface area (Å²) < 4.78 is 7.37. The average molecular weight is 441 g/mol.